The molecule has 1 atom stereocenters. The fourth-order valence-corrected chi connectivity index (χ4v) is 3.54. The molecule has 0 unspecified atom stereocenters. The minimum atomic E-state index is -0.539. The van der Waals surface area contributed by atoms with Gasteiger partial charge < -0.3 is 15.7 Å². The molecule has 2 aromatic rings. The summed E-state index contributed by atoms with van der Waals surface area (Å²) in [7, 11) is 0. The van der Waals surface area contributed by atoms with Gasteiger partial charge in [0, 0.05) is 11.8 Å². The number of phenols is 1. The third-order valence-electron chi connectivity index (χ3n) is 3.60. The van der Waals surface area contributed by atoms with E-state index in [9.17, 15) is 14.7 Å². The van der Waals surface area contributed by atoms with Crippen molar-refractivity contribution in [3.63, 3.8) is 0 Å². The van der Waals surface area contributed by atoms with Crippen molar-refractivity contribution in [1.29, 1.82) is 0 Å². The fourth-order valence-electron chi connectivity index (χ4n) is 2.38. The number of hydrogen-bond acceptors (Lipinski definition) is 6. The van der Waals surface area contributed by atoms with Crippen LogP contribution in [0.2, 0.25) is 0 Å². The van der Waals surface area contributed by atoms with Gasteiger partial charge >= 0.3 is 0 Å². The predicted octanol–water partition coefficient (Wildman–Crippen LogP) is 1.96. The Morgan fingerprint density at radius 2 is 2.00 bits per heavy atom. The maximum atomic E-state index is 11.7. The number of benzene rings is 1. The monoisotopic (exact) mass is 304 g/mol. The molecule has 3 rings (SSSR count). The van der Waals surface area contributed by atoms with Gasteiger partial charge in [-0.25, -0.2) is 0 Å². The zero-order chi connectivity index (χ0) is 15.0. The van der Waals surface area contributed by atoms with Crippen molar-refractivity contribution >= 4 is 28.8 Å². The molecule has 6 heteroatoms. The molecule has 5 nitrogen and oxygen atoms in total. The van der Waals surface area contributed by atoms with Crippen molar-refractivity contribution in [1.82, 2.24) is 0 Å². The van der Waals surface area contributed by atoms with E-state index in [1.54, 1.807) is 12.1 Å². The first-order valence-electron chi connectivity index (χ1n) is 6.80. The van der Waals surface area contributed by atoms with Gasteiger partial charge in [-0.05, 0) is 36.8 Å². The Bertz CT molecular complexity index is 744. The topological polar surface area (TPSA) is 78.4 Å². The third kappa shape index (κ3) is 2.63. The van der Waals surface area contributed by atoms with Crippen LogP contribution in [-0.2, 0) is 0 Å². The number of aryl methyl sites for hydroxylation is 1. The number of rotatable bonds is 4. The van der Waals surface area contributed by atoms with Gasteiger partial charge in [0.05, 0.1) is 5.69 Å². The summed E-state index contributed by atoms with van der Waals surface area (Å²) in [6, 6.07) is 5.35. The lowest BCUT2D eigenvalue weighted by Gasteiger charge is -2.18. The van der Waals surface area contributed by atoms with Crippen molar-refractivity contribution < 1.29 is 5.11 Å². The average Bonchev–Trinajstić information content (AvgIpc) is 2.97. The van der Waals surface area contributed by atoms with E-state index < -0.39 is 10.9 Å². The van der Waals surface area contributed by atoms with Gasteiger partial charge in [0.1, 0.15) is 17.1 Å². The minimum absolute atomic E-state index is 0.0606. The molecule has 0 saturated carbocycles. The summed E-state index contributed by atoms with van der Waals surface area (Å²) in [5.74, 6) is 2.06. The lowest BCUT2D eigenvalue weighted by molar-refractivity contribution is 0.477. The zero-order valence-corrected chi connectivity index (χ0v) is 12.4. The van der Waals surface area contributed by atoms with E-state index in [4.69, 9.17) is 0 Å². The fraction of sp³-hybridized carbons (Fsp3) is 0.333. The van der Waals surface area contributed by atoms with Crippen LogP contribution in [0.1, 0.15) is 12.0 Å². The lowest BCUT2D eigenvalue weighted by Crippen LogP contribution is -2.39. The second kappa shape index (κ2) is 5.44. The molecule has 0 radical (unpaired) electrons. The summed E-state index contributed by atoms with van der Waals surface area (Å²) in [6.45, 7) is 1.87. The summed E-state index contributed by atoms with van der Waals surface area (Å²) >= 11 is 1.83. The normalized spacial score (nSPS) is 18.0. The molecule has 0 aromatic heterocycles. The summed E-state index contributed by atoms with van der Waals surface area (Å²) in [5.41, 5.74) is 0.911. The minimum Gasteiger partial charge on any atom is -0.506 e. The Hall–Kier alpha value is -1.95. The maximum absolute atomic E-state index is 11.7. The standard InChI is InChI=1S/C15H16N2O3S/c1-8-2-3-10(11(18)6-8)17-13-12(14(19)15(13)20)16-9-4-5-21-7-9/h2-3,6,9,16-18H,4-5,7H2,1H3/t9-/m0/s1. The molecule has 21 heavy (non-hydrogen) atoms. The Kier molecular flexibility index (Phi) is 3.63. The Balaban J connectivity index is 1.83. The Labute approximate surface area is 126 Å². The van der Waals surface area contributed by atoms with Crippen LogP contribution in [0.5, 0.6) is 5.75 Å². The van der Waals surface area contributed by atoms with E-state index in [1.807, 2.05) is 24.8 Å². The summed E-state index contributed by atoms with van der Waals surface area (Å²) in [5, 5.41) is 15.9. The first-order chi connectivity index (χ1) is 10.1. The van der Waals surface area contributed by atoms with Gasteiger partial charge in [0.2, 0.25) is 0 Å². The Morgan fingerprint density at radius 1 is 1.24 bits per heavy atom. The highest BCUT2D eigenvalue weighted by atomic mass is 32.2. The van der Waals surface area contributed by atoms with Crippen LogP contribution in [0.15, 0.2) is 27.8 Å². The number of anilines is 3. The Morgan fingerprint density at radius 3 is 2.67 bits per heavy atom. The average molecular weight is 304 g/mol. The number of aromatic hydroxyl groups is 1. The first-order valence-corrected chi connectivity index (χ1v) is 7.96. The SMILES string of the molecule is Cc1ccc(Nc2c(N[C@H]3CCSC3)c(=O)c2=O)c(O)c1. The smallest absolute Gasteiger partial charge is 0.253 e. The summed E-state index contributed by atoms with van der Waals surface area (Å²) in [6.07, 6.45) is 0.985. The molecular weight excluding hydrogens is 288 g/mol. The predicted molar refractivity (Wildman–Crippen MR) is 86.8 cm³/mol. The molecule has 0 amide bonds. The number of hydrogen-bond donors (Lipinski definition) is 3. The number of phenolic OH excluding ortho intramolecular Hbond substituents is 1. The van der Waals surface area contributed by atoms with Crippen LogP contribution >= 0.6 is 11.8 Å². The van der Waals surface area contributed by atoms with E-state index in [2.05, 4.69) is 10.6 Å². The highest BCUT2D eigenvalue weighted by Gasteiger charge is 2.25. The molecule has 0 aliphatic carbocycles. The van der Waals surface area contributed by atoms with E-state index in [0.717, 1.165) is 23.5 Å². The molecule has 0 bridgehead atoms. The molecule has 110 valence electrons. The van der Waals surface area contributed by atoms with Crippen LogP contribution in [0.25, 0.3) is 0 Å². The van der Waals surface area contributed by atoms with Gasteiger partial charge in [-0.3, -0.25) is 9.59 Å². The van der Waals surface area contributed by atoms with Crippen LogP contribution in [0.3, 0.4) is 0 Å². The number of thioether (sulfide) groups is 1. The largest absolute Gasteiger partial charge is 0.506 e. The van der Waals surface area contributed by atoms with Crippen molar-refractivity contribution in [3.8, 4) is 5.75 Å². The van der Waals surface area contributed by atoms with Crippen molar-refractivity contribution in [2.75, 3.05) is 22.1 Å². The quantitative estimate of drug-likeness (QED) is 0.592. The second-order valence-electron chi connectivity index (χ2n) is 5.26. The first kappa shape index (κ1) is 14.0. The maximum Gasteiger partial charge on any atom is 0.253 e. The van der Waals surface area contributed by atoms with Crippen molar-refractivity contribution in [2.45, 2.75) is 19.4 Å². The molecule has 2 aromatic carbocycles. The van der Waals surface area contributed by atoms with E-state index in [0.29, 0.717) is 11.4 Å². The van der Waals surface area contributed by atoms with Gasteiger partial charge in [0.25, 0.3) is 10.9 Å². The highest BCUT2D eigenvalue weighted by Crippen LogP contribution is 2.30. The zero-order valence-electron chi connectivity index (χ0n) is 11.6. The lowest BCUT2D eigenvalue weighted by atomic mass is 10.1. The summed E-state index contributed by atoms with van der Waals surface area (Å²) in [4.78, 5) is 23.4. The van der Waals surface area contributed by atoms with E-state index in [-0.39, 0.29) is 17.5 Å². The van der Waals surface area contributed by atoms with Gasteiger partial charge in [-0.1, -0.05) is 6.07 Å². The molecule has 0 spiro atoms. The molecule has 1 fully saturated rings. The van der Waals surface area contributed by atoms with Gasteiger partial charge in [0.15, 0.2) is 0 Å². The highest BCUT2D eigenvalue weighted by molar-refractivity contribution is 7.99. The second-order valence-corrected chi connectivity index (χ2v) is 6.41. The molecule has 1 aliphatic heterocycles. The van der Waals surface area contributed by atoms with Crippen molar-refractivity contribution in [3.05, 3.63) is 44.2 Å². The summed E-state index contributed by atoms with van der Waals surface area (Å²) < 4.78 is 0. The van der Waals surface area contributed by atoms with E-state index >= 15 is 0 Å². The van der Waals surface area contributed by atoms with Crippen LogP contribution in [0, 0.1) is 6.92 Å². The molecule has 1 heterocycles. The van der Waals surface area contributed by atoms with E-state index in [1.165, 1.54) is 0 Å². The molecule has 1 aliphatic rings. The van der Waals surface area contributed by atoms with Crippen LogP contribution in [0.4, 0.5) is 17.1 Å². The number of nitrogens with one attached hydrogen (secondary N) is 2. The molecular formula is C15H16N2O3S. The van der Waals surface area contributed by atoms with Crippen LogP contribution in [-0.4, -0.2) is 22.7 Å². The van der Waals surface area contributed by atoms with Crippen molar-refractivity contribution in [2.24, 2.45) is 0 Å². The van der Waals surface area contributed by atoms with Gasteiger partial charge in [-0.15, -0.1) is 0 Å². The van der Waals surface area contributed by atoms with Gasteiger partial charge in [-0.2, -0.15) is 11.8 Å². The van der Waals surface area contributed by atoms with Crippen LogP contribution < -0.4 is 21.5 Å². The third-order valence-corrected chi connectivity index (χ3v) is 4.76. The molecule has 3 N–H and O–H groups in total. The molecule has 1 saturated heterocycles.